The van der Waals surface area contributed by atoms with Crippen molar-refractivity contribution in [3.05, 3.63) is 29.8 Å². The highest BCUT2D eigenvalue weighted by molar-refractivity contribution is 5.55. The zero-order chi connectivity index (χ0) is 16.5. The number of ether oxygens (including phenoxy) is 2. The lowest BCUT2D eigenvalue weighted by molar-refractivity contribution is -0.697. The Hall–Kier alpha value is -1.52. The van der Waals surface area contributed by atoms with Crippen LogP contribution in [0.4, 0.5) is 0 Å². The molecule has 23 heavy (non-hydrogen) atoms. The van der Waals surface area contributed by atoms with Crippen molar-refractivity contribution in [2.75, 3.05) is 20.3 Å². The monoisotopic (exact) mass is 320 g/mol. The van der Waals surface area contributed by atoms with E-state index in [0.717, 1.165) is 5.56 Å². The van der Waals surface area contributed by atoms with Gasteiger partial charge >= 0.3 is 0 Å². The van der Waals surface area contributed by atoms with Crippen molar-refractivity contribution in [3.63, 3.8) is 0 Å². The van der Waals surface area contributed by atoms with E-state index >= 15 is 0 Å². The lowest BCUT2D eigenvalue weighted by atomic mass is 9.95. The number of quaternary nitrogens is 1. The van der Waals surface area contributed by atoms with E-state index < -0.39 is 6.10 Å². The Morgan fingerprint density at radius 1 is 1.26 bits per heavy atom. The number of methoxy groups -OCH3 is 1. The first-order chi connectivity index (χ1) is 11.2. The standard InChI is InChI=1S/C19H29NO3/c1-3-7-15-10-11-18(19(12-15)22-2)23-14-17(21)13-20-16-8-5-4-6-9-16/h3,7,10-12,16-17,20-21H,4-6,8-9,13-14H2,1-2H3/p+1/b7-3+/t17-/m0/s1. The van der Waals surface area contributed by atoms with Gasteiger partial charge in [0, 0.05) is 0 Å². The molecule has 128 valence electrons. The molecule has 0 radical (unpaired) electrons. The second-order valence-corrected chi connectivity index (χ2v) is 6.24. The van der Waals surface area contributed by atoms with Crippen LogP contribution in [-0.2, 0) is 0 Å². The van der Waals surface area contributed by atoms with Crippen molar-refractivity contribution >= 4 is 6.08 Å². The van der Waals surface area contributed by atoms with Crippen LogP contribution < -0.4 is 14.8 Å². The summed E-state index contributed by atoms with van der Waals surface area (Å²) >= 11 is 0. The van der Waals surface area contributed by atoms with Gasteiger partial charge in [0.1, 0.15) is 19.3 Å². The summed E-state index contributed by atoms with van der Waals surface area (Å²) in [4.78, 5) is 0. The highest BCUT2D eigenvalue weighted by Crippen LogP contribution is 2.28. The summed E-state index contributed by atoms with van der Waals surface area (Å²) in [6.45, 7) is 2.97. The van der Waals surface area contributed by atoms with Crippen molar-refractivity contribution < 1.29 is 19.9 Å². The summed E-state index contributed by atoms with van der Waals surface area (Å²) < 4.78 is 11.1. The maximum Gasteiger partial charge on any atom is 0.161 e. The molecule has 0 heterocycles. The van der Waals surface area contributed by atoms with Crippen molar-refractivity contribution in [1.29, 1.82) is 0 Å². The Balaban J connectivity index is 1.79. The van der Waals surface area contributed by atoms with Gasteiger partial charge in [0.2, 0.25) is 0 Å². The molecule has 0 aliphatic heterocycles. The maximum absolute atomic E-state index is 10.1. The molecule has 1 atom stereocenters. The van der Waals surface area contributed by atoms with E-state index in [-0.39, 0.29) is 0 Å². The molecule has 1 aliphatic rings. The minimum Gasteiger partial charge on any atom is -0.493 e. The summed E-state index contributed by atoms with van der Waals surface area (Å²) in [5.74, 6) is 1.38. The second-order valence-electron chi connectivity index (χ2n) is 6.24. The summed E-state index contributed by atoms with van der Waals surface area (Å²) in [5, 5.41) is 12.4. The molecule has 0 unspecified atom stereocenters. The molecule has 0 bridgehead atoms. The van der Waals surface area contributed by atoms with Gasteiger partial charge in [-0.25, -0.2) is 0 Å². The predicted octanol–water partition coefficient (Wildman–Crippen LogP) is 2.36. The first kappa shape index (κ1) is 17.8. The molecule has 1 aliphatic carbocycles. The number of hydrogen-bond acceptors (Lipinski definition) is 3. The largest absolute Gasteiger partial charge is 0.493 e. The van der Waals surface area contributed by atoms with Crippen LogP contribution in [0.15, 0.2) is 24.3 Å². The molecule has 0 amide bonds. The van der Waals surface area contributed by atoms with Crippen LogP contribution in [0.5, 0.6) is 11.5 Å². The highest BCUT2D eigenvalue weighted by Gasteiger charge is 2.18. The number of rotatable bonds is 8. The SMILES string of the molecule is C/C=C/c1ccc(OC[C@@H](O)C[NH2+]C2CCCCC2)c(OC)c1. The van der Waals surface area contributed by atoms with Gasteiger partial charge in [0.15, 0.2) is 11.5 Å². The van der Waals surface area contributed by atoms with Crippen LogP contribution in [0.2, 0.25) is 0 Å². The Kier molecular flexibility index (Phi) is 7.43. The van der Waals surface area contributed by atoms with E-state index in [4.69, 9.17) is 9.47 Å². The number of aliphatic hydroxyl groups excluding tert-OH is 1. The van der Waals surface area contributed by atoms with Gasteiger partial charge in [-0.3, -0.25) is 0 Å². The first-order valence-corrected chi connectivity index (χ1v) is 8.68. The van der Waals surface area contributed by atoms with Crippen LogP contribution in [0.1, 0.15) is 44.6 Å². The second kappa shape index (κ2) is 9.58. The number of benzene rings is 1. The van der Waals surface area contributed by atoms with Gasteiger partial charge < -0.3 is 19.9 Å². The lowest BCUT2D eigenvalue weighted by Crippen LogP contribution is -2.92. The topological polar surface area (TPSA) is 55.3 Å². The Morgan fingerprint density at radius 3 is 2.74 bits per heavy atom. The zero-order valence-electron chi connectivity index (χ0n) is 14.3. The van der Waals surface area contributed by atoms with Gasteiger partial charge in [0.25, 0.3) is 0 Å². The zero-order valence-corrected chi connectivity index (χ0v) is 14.3. The average Bonchev–Trinajstić information content (AvgIpc) is 2.59. The van der Waals surface area contributed by atoms with Crippen LogP contribution in [0.25, 0.3) is 6.08 Å². The molecule has 1 fully saturated rings. The molecule has 0 saturated heterocycles. The van der Waals surface area contributed by atoms with Crippen LogP contribution in [0, 0.1) is 0 Å². The molecule has 0 spiro atoms. The molecule has 4 heteroatoms. The first-order valence-electron chi connectivity index (χ1n) is 8.68. The fraction of sp³-hybridized carbons (Fsp3) is 0.579. The van der Waals surface area contributed by atoms with E-state index in [2.05, 4.69) is 5.32 Å². The molecule has 1 saturated carbocycles. The Bertz CT molecular complexity index is 495. The molecule has 3 N–H and O–H groups in total. The van der Waals surface area contributed by atoms with E-state index in [1.807, 2.05) is 37.3 Å². The van der Waals surface area contributed by atoms with Gasteiger partial charge in [0.05, 0.1) is 13.2 Å². The Morgan fingerprint density at radius 2 is 2.04 bits per heavy atom. The minimum absolute atomic E-state index is 0.294. The van der Waals surface area contributed by atoms with Crippen molar-refractivity contribution in [2.45, 2.75) is 51.2 Å². The fourth-order valence-electron chi connectivity index (χ4n) is 3.07. The van der Waals surface area contributed by atoms with Gasteiger partial charge in [-0.1, -0.05) is 24.6 Å². The van der Waals surface area contributed by atoms with Gasteiger partial charge in [-0.2, -0.15) is 0 Å². The third-order valence-corrected chi connectivity index (χ3v) is 4.37. The molecule has 1 aromatic carbocycles. The number of allylic oxidation sites excluding steroid dienone is 1. The number of nitrogens with two attached hydrogens (primary N) is 1. The van der Waals surface area contributed by atoms with Crippen molar-refractivity contribution in [2.24, 2.45) is 0 Å². The summed E-state index contributed by atoms with van der Waals surface area (Å²) in [6, 6.07) is 6.49. The normalized spacial score (nSPS) is 17.3. The van der Waals surface area contributed by atoms with Crippen LogP contribution >= 0.6 is 0 Å². The van der Waals surface area contributed by atoms with Gasteiger partial charge in [-0.15, -0.1) is 0 Å². The summed E-state index contributed by atoms with van der Waals surface area (Å²) in [7, 11) is 1.63. The molecular formula is C19H30NO3+. The van der Waals surface area contributed by atoms with Gasteiger partial charge in [-0.05, 0) is 50.3 Å². The average molecular weight is 320 g/mol. The highest BCUT2D eigenvalue weighted by atomic mass is 16.5. The summed E-state index contributed by atoms with van der Waals surface area (Å²) in [5.41, 5.74) is 1.07. The molecule has 1 aromatic rings. The molecule has 2 rings (SSSR count). The number of hydrogen-bond donors (Lipinski definition) is 2. The van der Waals surface area contributed by atoms with Crippen molar-refractivity contribution in [1.82, 2.24) is 0 Å². The third-order valence-electron chi connectivity index (χ3n) is 4.37. The van der Waals surface area contributed by atoms with Crippen LogP contribution in [-0.4, -0.2) is 37.5 Å². The van der Waals surface area contributed by atoms with E-state index in [9.17, 15) is 5.11 Å². The lowest BCUT2D eigenvalue weighted by Gasteiger charge is -2.21. The fourth-order valence-corrected chi connectivity index (χ4v) is 3.07. The molecule has 4 nitrogen and oxygen atoms in total. The van der Waals surface area contributed by atoms with E-state index in [1.165, 1.54) is 32.1 Å². The van der Waals surface area contributed by atoms with E-state index in [1.54, 1.807) is 7.11 Å². The number of aliphatic hydroxyl groups is 1. The maximum atomic E-state index is 10.1. The Labute approximate surface area is 139 Å². The molecule has 0 aromatic heterocycles. The molecular weight excluding hydrogens is 290 g/mol. The smallest absolute Gasteiger partial charge is 0.161 e. The van der Waals surface area contributed by atoms with Crippen LogP contribution in [0.3, 0.4) is 0 Å². The van der Waals surface area contributed by atoms with E-state index in [0.29, 0.717) is 30.7 Å². The third kappa shape index (κ3) is 5.88. The minimum atomic E-state index is -0.461. The predicted molar refractivity (Wildman–Crippen MR) is 92.9 cm³/mol. The quantitative estimate of drug-likeness (QED) is 0.773. The summed E-state index contributed by atoms with van der Waals surface area (Å²) in [6.07, 6.45) is 10.1. The van der Waals surface area contributed by atoms with Crippen molar-refractivity contribution in [3.8, 4) is 11.5 Å².